The minimum absolute atomic E-state index is 0.0556. The molecule has 0 saturated carbocycles. The van der Waals surface area contributed by atoms with Crippen molar-refractivity contribution >= 4 is 11.0 Å². The van der Waals surface area contributed by atoms with Gasteiger partial charge in [0.1, 0.15) is 17.1 Å². The molecule has 0 bridgehead atoms. The van der Waals surface area contributed by atoms with Crippen LogP contribution in [-0.2, 0) is 0 Å². The van der Waals surface area contributed by atoms with Gasteiger partial charge in [0.05, 0.1) is 18.1 Å². The lowest BCUT2D eigenvalue weighted by Crippen LogP contribution is -2.14. The molecule has 0 amide bonds. The van der Waals surface area contributed by atoms with Gasteiger partial charge in [-0.3, -0.25) is 4.79 Å². The Morgan fingerprint density at radius 2 is 1.71 bits per heavy atom. The van der Waals surface area contributed by atoms with E-state index in [4.69, 9.17) is 9.15 Å². The third-order valence-electron chi connectivity index (χ3n) is 5.61. The van der Waals surface area contributed by atoms with E-state index in [1.807, 2.05) is 62.4 Å². The highest BCUT2D eigenvalue weighted by atomic mass is 16.5. The first kappa shape index (κ1) is 16.8. The van der Waals surface area contributed by atoms with Gasteiger partial charge in [0.15, 0.2) is 5.43 Å². The summed E-state index contributed by atoms with van der Waals surface area (Å²) in [6.45, 7) is 4.00. The second kappa shape index (κ2) is 6.10. The van der Waals surface area contributed by atoms with E-state index >= 15 is 0 Å². The van der Waals surface area contributed by atoms with Gasteiger partial charge in [-0.2, -0.15) is 0 Å². The highest BCUT2D eigenvalue weighted by Crippen LogP contribution is 2.47. The Kier molecular flexibility index (Phi) is 3.66. The molecular formula is C25H20O3. The molecule has 1 atom stereocenters. The molecule has 1 aliphatic rings. The summed E-state index contributed by atoms with van der Waals surface area (Å²) >= 11 is 0. The third-order valence-corrected chi connectivity index (χ3v) is 5.61. The zero-order valence-electron chi connectivity index (χ0n) is 16.1. The summed E-state index contributed by atoms with van der Waals surface area (Å²) in [6, 6.07) is 20.0. The maximum Gasteiger partial charge on any atom is 0.197 e. The average Bonchev–Trinajstić information content (AvgIpc) is 3.04. The molecule has 0 fully saturated rings. The van der Waals surface area contributed by atoms with Gasteiger partial charge >= 0.3 is 0 Å². The van der Waals surface area contributed by atoms with Crippen molar-refractivity contribution in [2.75, 3.05) is 7.11 Å². The quantitative estimate of drug-likeness (QED) is 0.408. The largest absolute Gasteiger partial charge is 0.497 e. The van der Waals surface area contributed by atoms with Gasteiger partial charge < -0.3 is 9.15 Å². The minimum Gasteiger partial charge on any atom is -0.497 e. The normalized spacial score (nSPS) is 14.8. The van der Waals surface area contributed by atoms with Crippen LogP contribution in [0.2, 0.25) is 0 Å². The topological polar surface area (TPSA) is 39.4 Å². The lowest BCUT2D eigenvalue weighted by atomic mass is 9.89. The highest BCUT2D eigenvalue weighted by molar-refractivity contribution is 5.87. The Bertz CT molecular complexity index is 1280. The van der Waals surface area contributed by atoms with E-state index in [1.54, 1.807) is 7.11 Å². The summed E-state index contributed by atoms with van der Waals surface area (Å²) in [7, 11) is 1.65. The standard InChI is InChI=1S/C25H20O3/c1-14-12-15(2)24-20(13-14)23(26)22-21(16-8-10-17(27-3)11-9-16)18-6-4-5-7-19(18)25(22)28-24/h4-13,21H,1-3H3. The summed E-state index contributed by atoms with van der Waals surface area (Å²) < 4.78 is 11.7. The number of rotatable bonds is 2. The molecule has 0 saturated heterocycles. The zero-order chi connectivity index (χ0) is 19.4. The van der Waals surface area contributed by atoms with Gasteiger partial charge in [-0.05, 0) is 54.3 Å². The maximum absolute atomic E-state index is 13.6. The van der Waals surface area contributed by atoms with E-state index in [0.717, 1.165) is 39.1 Å². The first-order valence-electron chi connectivity index (χ1n) is 9.39. The van der Waals surface area contributed by atoms with Crippen molar-refractivity contribution in [3.8, 4) is 17.1 Å². The van der Waals surface area contributed by atoms with Crippen molar-refractivity contribution in [1.29, 1.82) is 0 Å². The summed E-state index contributed by atoms with van der Waals surface area (Å²) in [5.74, 6) is 1.35. The number of benzene rings is 3. The Hall–Kier alpha value is -3.33. The van der Waals surface area contributed by atoms with Crippen LogP contribution in [0.5, 0.6) is 5.75 Å². The van der Waals surface area contributed by atoms with Crippen LogP contribution in [0.25, 0.3) is 22.3 Å². The molecular weight excluding hydrogens is 348 g/mol. The van der Waals surface area contributed by atoms with E-state index in [0.29, 0.717) is 16.7 Å². The van der Waals surface area contributed by atoms with Crippen molar-refractivity contribution in [3.63, 3.8) is 0 Å². The van der Waals surface area contributed by atoms with Crippen LogP contribution in [0.15, 0.2) is 69.9 Å². The number of hydrogen-bond acceptors (Lipinski definition) is 3. The number of fused-ring (bicyclic) bond motifs is 4. The molecule has 4 aromatic rings. The van der Waals surface area contributed by atoms with E-state index in [9.17, 15) is 4.79 Å². The molecule has 1 aliphatic carbocycles. The van der Waals surface area contributed by atoms with Gasteiger partial charge in [0.25, 0.3) is 0 Å². The van der Waals surface area contributed by atoms with Crippen molar-refractivity contribution in [2.24, 2.45) is 0 Å². The molecule has 5 rings (SSSR count). The summed E-state index contributed by atoms with van der Waals surface area (Å²) in [6.07, 6.45) is 0. The molecule has 1 heterocycles. The van der Waals surface area contributed by atoms with Crippen LogP contribution < -0.4 is 10.2 Å². The van der Waals surface area contributed by atoms with Crippen LogP contribution in [0.1, 0.15) is 33.7 Å². The summed E-state index contributed by atoms with van der Waals surface area (Å²) in [5, 5.41) is 0.655. The van der Waals surface area contributed by atoms with Crippen LogP contribution in [0.4, 0.5) is 0 Å². The smallest absolute Gasteiger partial charge is 0.197 e. The molecule has 0 spiro atoms. The molecule has 1 unspecified atom stereocenters. The zero-order valence-corrected chi connectivity index (χ0v) is 16.1. The number of ether oxygens (including phenoxy) is 1. The van der Waals surface area contributed by atoms with Crippen molar-refractivity contribution in [3.05, 3.63) is 98.7 Å². The van der Waals surface area contributed by atoms with Crippen LogP contribution in [0.3, 0.4) is 0 Å². The average molecular weight is 368 g/mol. The predicted octanol–water partition coefficient (Wildman–Crippen LogP) is 5.58. The fourth-order valence-electron chi connectivity index (χ4n) is 4.38. The van der Waals surface area contributed by atoms with E-state index in [2.05, 4.69) is 12.1 Å². The van der Waals surface area contributed by atoms with E-state index < -0.39 is 0 Å². The predicted molar refractivity (Wildman–Crippen MR) is 111 cm³/mol. The van der Waals surface area contributed by atoms with Crippen LogP contribution in [-0.4, -0.2) is 7.11 Å². The van der Waals surface area contributed by atoms with Gasteiger partial charge in [-0.1, -0.05) is 42.5 Å². The van der Waals surface area contributed by atoms with E-state index in [-0.39, 0.29) is 11.3 Å². The van der Waals surface area contributed by atoms with Crippen molar-refractivity contribution in [1.82, 2.24) is 0 Å². The lowest BCUT2D eigenvalue weighted by Gasteiger charge is -2.14. The molecule has 1 aromatic heterocycles. The minimum atomic E-state index is -0.140. The Balaban J connectivity index is 1.86. The molecule has 0 radical (unpaired) electrons. The van der Waals surface area contributed by atoms with Gasteiger partial charge in [0.2, 0.25) is 0 Å². The van der Waals surface area contributed by atoms with E-state index in [1.165, 1.54) is 0 Å². The second-order valence-electron chi connectivity index (χ2n) is 7.43. The monoisotopic (exact) mass is 368 g/mol. The Morgan fingerprint density at radius 1 is 0.964 bits per heavy atom. The van der Waals surface area contributed by atoms with Crippen LogP contribution in [0, 0.1) is 13.8 Å². The van der Waals surface area contributed by atoms with Gasteiger partial charge in [0, 0.05) is 11.5 Å². The number of hydrogen-bond donors (Lipinski definition) is 0. The SMILES string of the molecule is COc1ccc(C2c3ccccc3-c3oc4c(C)cc(C)cc4c(=O)c32)cc1. The van der Waals surface area contributed by atoms with Gasteiger partial charge in [-0.25, -0.2) is 0 Å². The molecule has 3 heteroatoms. The fraction of sp³-hybridized carbons (Fsp3) is 0.160. The first-order valence-corrected chi connectivity index (χ1v) is 9.39. The molecule has 0 N–H and O–H groups in total. The molecule has 138 valence electrons. The Labute approximate surface area is 163 Å². The highest BCUT2D eigenvalue weighted by Gasteiger charge is 2.35. The number of aryl methyl sites for hydroxylation is 2. The van der Waals surface area contributed by atoms with Gasteiger partial charge in [-0.15, -0.1) is 0 Å². The Morgan fingerprint density at radius 3 is 2.46 bits per heavy atom. The number of methoxy groups -OCH3 is 1. The summed E-state index contributed by atoms with van der Waals surface area (Å²) in [5.41, 5.74) is 6.67. The molecule has 3 aromatic carbocycles. The molecule has 0 aliphatic heterocycles. The van der Waals surface area contributed by atoms with Crippen molar-refractivity contribution in [2.45, 2.75) is 19.8 Å². The van der Waals surface area contributed by atoms with Crippen LogP contribution >= 0.6 is 0 Å². The fourth-order valence-corrected chi connectivity index (χ4v) is 4.38. The maximum atomic E-state index is 13.6. The third kappa shape index (κ3) is 2.32. The summed E-state index contributed by atoms with van der Waals surface area (Å²) in [4.78, 5) is 13.6. The molecule has 28 heavy (non-hydrogen) atoms. The first-order chi connectivity index (χ1) is 13.6. The van der Waals surface area contributed by atoms with Crippen molar-refractivity contribution < 1.29 is 9.15 Å². The molecule has 3 nitrogen and oxygen atoms in total. The second-order valence-corrected chi connectivity index (χ2v) is 7.43. The lowest BCUT2D eigenvalue weighted by molar-refractivity contribution is 0.414.